The molecule has 0 atom stereocenters. The molecule has 0 heterocycles. The highest BCUT2D eigenvalue weighted by molar-refractivity contribution is 5.89. The molecule has 0 aliphatic carbocycles. The maximum absolute atomic E-state index is 11.5. The minimum absolute atomic E-state index is 0.315. The lowest BCUT2D eigenvalue weighted by atomic mass is 10.0. The van der Waals surface area contributed by atoms with Crippen molar-refractivity contribution >= 4 is 5.97 Å². The van der Waals surface area contributed by atoms with Crippen LogP contribution in [0.1, 0.15) is 12.5 Å². The van der Waals surface area contributed by atoms with Gasteiger partial charge in [0.1, 0.15) is 5.75 Å². The first-order valence-electron chi connectivity index (χ1n) is 6.09. The molecule has 0 amide bonds. The van der Waals surface area contributed by atoms with Gasteiger partial charge in [-0.15, -0.1) is 0 Å². The van der Waals surface area contributed by atoms with Gasteiger partial charge >= 0.3 is 5.97 Å². The van der Waals surface area contributed by atoms with Crippen molar-refractivity contribution in [3.63, 3.8) is 0 Å². The average Bonchev–Trinajstić information content (AvgIpc) is 2.47. The average molecular weight is 263 g/mol. The van der Waals surface area contributed by atoms with Crippen LogP contribution in [0.2, 0.25) is 0 Å². The maximum atomic E-state index is 11.5. The normalized spacial score (nSPS) is 9.60. The van der Waals surface area contributed by atoms with E-state index in [1.165, 1.54) is 0 Å². The van der Waals surface area contributed by atoms with Crippen molar-refractivity contribution in [1.29, 1.82) is 5.26 Å². The van der Waals surface area contributed by atoms with Gasteiger partial charge in [0.15, 0.2) is 0 Å². The Morgan fingerprint density at radius 2 is 1.90 bits per heavy atom. The third kappa shape index (κ3) is 2.93. The van der Waals surface area contributed by atoms with Crippen LogP contribution in [-0.2, 0) is 4.79 Å². The van der Waals surface area contributed by atoms with E-state index < -0.39 is 5.97 Å². The predicted molar refractivity (Wildman–Crippen MR) is 77.0 cm³/mol. The zero-order valence-electron chi connectivity index (χ0n) is 11.1. The van der Waals surface area contributed by atoms with E-state index in [0.29, 0.717) is 16.9 Å². The summed E-state index contributed by atoms with van der Waals surface area (Å²) in [6, 6.07) is 16.7. The zero-order valence-corrected chi connectivity index (χ0v) is 11.1. The molecule has 98 valence electrons. The second-order valence-corrected chi connectivity index (χ2v) is 4.36. The number of benzene rings is 2. The molecule has 0 fully saturated rings. The van der Waals surface area contributed by atoms with Crippen LogP contribution in [0.25, 0.3) is 11.1 Å². The lowest BCUT2D eigenvalue weighted by Gasteiger charge is -2.08. The number of rotatable bonds is 3. The molecule has 0 N–H and O–H groups in total. The molecule has 20 heavy (non-hydrogen) atoms. The van der Waals surface area contributed by atoms with Crippen LogP contribution in [0.5, 0.6) is 5.75 Å². The van der Waals surface area contributed by atoms with E-state index in [0.717, 1.165) is 11.1 Å². The Kier molecular flexibility index (Phi) is 3.97. The molecule has 2 aromatic carbocycles. The molecule has 0 saturated heterocycles. The van der Waals surface area contributed by atoms with Crippen molar-refractivity contribution in [2.45, 2.75) is 6.92 Å². The van der Waals surface area contributed by atoms with Gasteiger partial charge in [0.05, 0.1) is 11.6 Å². The first-order valence-corrected chi connectivity index (χ1v) is 6.09. The van der Waals surface area contributed by atoms with Crippen LogP contribution in [-0.4, -0.2) is 5.97 Å². The van der Waals surface area contributed by atoms with Crippen LogP contribution in [0, 0.1) is 11.3 Å². The van der Waals surface area contributed by atoms with Crippen molar-refractivity contribution in [2.75, 3.05) is 0 Å². The smallest absolute Gasteiger partial charge is 0.338 e. The molecule has 2 aromatic rings. The molecule has 3 nitrogen and oxygen atoms in total. The molecule has 0 aromatic heterocycles. The highest BCUT2D eigenvalue weighted by Crippen LogP contribution is 2.27. The Hall–Kier alpha value is -2.86. The summed E-state index contributed by atoms with van der Waals surface area (Å²) in [4.78, 5) is 11.5. The van der Waals surface area contributed by atoms with Crippen molar-refractivity contribution < 1.29 is 9.53 Å². The van der Waals surface area contributed by atoms with Gasteiger partial charge in [-0.25, -0.2) is 4.79 Å². The minimum Gasteiger partial charge on any atom is -0.423 e. The summed E-state index contributed by atoms with van der Waals surface area (Å²) >= 11 is 0. The molecule has 0 bridgehead atoms. The number of ether oxygens (including phenoxy) is 1. The van der Waals surface area contributed by atoms with E-state index >= 15 is 0 Å². The molecule has 0 saturated carbocycles. The lowest BCUT2D eigenvalue weighted by Crippen LogP contribution is -2.08. The quantitative estimate of drug-likeness (QED) is 0.482. The largest absolute Gasteiger partial charge is 0.423 e. The first kappa shape index (κ1) is 13.6. The second-order valence-electron chi connectivity index (χ2n) is 4.36. The summed E-state index contributed by atoms with van der Waals surface area (Å²) in [5, 5.41) is 9.24. The summed E-state index contributed by atoms with van der Waals surface area (Å²) in [6.45, 7) is 5.09. The van der Waals surface area contributed by atoms with E-state index in [1.54, 1.807) is 25.1 Å². The summed E-state index contributed by atoms with van der Waals surface area (Å²) in [7, 11) is 0. The predicted octanol–water partition coefficient (Wildman–Crippen LogP) is 3.71. The molecule has 3 heteroatoms. The molecule has 0 unspecified atom stereocenters. The van der Waals surface area contributed by atoms with Gasteiger partial charge in [-0.3, -0.25) is 0 Å². The molecular weight excluding hydrogens is 250 g/mol. The first-order chi connectivity index (χ1) is 9.61. The van der Waals surface area contributed by atoms with Crippen LogP contribution < -0.4 is 4.74 Å². The Morgan fingerprint density at radius 3 is 2.50 bits per heavy atom. The third-order valence-electron chi connectivity index (χ3n) is 2.76. The Morgan fingerprint density at radius 1 is 1.20 bits per heavy atom. The van der Waals surface area contributed by atoms with Crippen LogP contribution in [0.4, 0.5) is 0 Å². The van der Waals surface area contributed by atoms with Crippen molar-refractivity contribution in [2.24, 2.45) is 0 Å². The van der Waals surface area contributed by atoms with E-state index in [2.05, 4.69) is 12.6 Å². The maximum Gasteiger partial charge on any atom is 0.338 e. The number of hydrogen-bond acceptors (Lipinski definition) is 3. The molecule has 0 spiro atoms. The molecular formula is C17H13NO2. The van der Waals surface area contributed by atoms with Gasteiger partial charge in [0.2, 0.25) is 0 Å². The van der Waals surface area contributed by atoms with Crippen molar-refractivity contribution in [1.82, 2.24) is 0 Å². The number of hydrogen-bond donors (Lipinski definition) is 0. The van der Waals surface area contributed by atoms with Crippen LogP contribution >= 0.6 is 0 Å². The topological polar surface area (TPSA) is 50.1 Å². The van der Waals surface area contributed by atoms with Crippen LogP contribution in [0.3, 0.4) is 0 Å². The fourth-order valence-electron chi connectivity index (χ4n) is 1.74. The minimum atomic E-state index is -0.499. The van der Waals surface area contributed by atoms with Gasteiger partial charge in [-0.1, -0.05) is 36.9 Å². The lowest BCUT2D eigenvalue weighted by molar-refractivity contribution is -0.130. The molecule has 0 aliphatic rings. The van der Waals surface area contributed by atoms with Gasteiger partial charge in [-0.2, -0.15) is 5.26 Å². The number of esters is 1. The van der Waals surface area contributed by atoms with Crippen LogP contribution in [0.15, 0.2) is 60.7 Å². The van der Waals surface area contributed by atoms with Gasteiger partial charge in [0.25, 0.3) is 0 Å². The highest BCUT2D eigenvalue weighted by atomic mass is 16.5. The monoisotopic (exact) mass is 263 g/mol. The standard InChI is InChI=1S/C17H13NO2/c1-12(2)17(19)20-15-8-9-16(14(10-15)11-18)13-6-4-3-5-7-13/h3-10H,1H2,2H3. The molecule has 0 aliphatic heterocycles. The summed E-state index contributed by atoms with van der Waals surface area (Å²) < 4.78 is 5.12. The van der Waals surface area contributed by atoms with E-state index in [-0.39, 0.29) is 0 Å². The Balaban J connectivity index is 2.37. The third-order valence-corrected chi connectivity index (χ3v) is 2.76. The van der Waals surface area contributed by atoms with E-state index in [1.807, 2.05) is 30.3 Å². The highest BCUT2D eigenvalue weighted by Gasteiger charge is 2.09. The SMILES string of the molecule is C=C(C)C(=O)Oc1ccc(-c2ccccc2)c(C#N)c1. The van der Waals surface area contributed by atoms with Gasteiger partial charge in [0, 0.05) is 5.57 Å². The fourth-order valence-corrected chi connectivity index (χ4v) is 1.74. The Labute approximate surface area is 117 Å². The Bertz CT molecular complexity index is 697. The molecule has 2 rings (SSSR count). The van der Waals surface area contributed by atoms with E-state index in [9.17, 15) is 10.1 Å². The van der Waals surface area contributed by atoms with E-state index in [4.69, 9.17) is 4.74 Å². The number of carbonyl (C=O) groups excluding carboxylic acids is 1. The van der Waals surface area contributed by atoms with Crippen molar-refractivity contribution in [3.05, 3.63) is 66.2 Å². The van der Waals surface area contributed by atoms with Gasteiger partial charge in [-0.05, 0) is 36.2 Å². The summed E-state index contributed by atoms with van der Waals surface area (Å²) in [6.07, 6.45) is 0. The molecule has 0 radical (unpaired) electrons. The van der Waals surface area contributed by atoms with Gasteiger partial charge < -0.3 is 4.74 Å². The zero-order chi connectivity index (χ0) is 14.5. The second kappa shape index (κ2) is 5.85. The van der Waals surface area contributed by atoms with Crippen molar-refractivity contribution in [3.8, 4) is 22.9 Å². The number of carbonyl (C=O) groups is 1. The number of nitriles is 1. The summed E-state index contributed by atoms with van der Waals surface area (Å²) in [5.41, 5.74) is 2.53. The number of nitrogens with zero attached hydrogens (tertiary/aromatic N) is 1. The summed E-state index contributed by atoms with van der Waals surface area (Å²) in [5.74, 6) is -0.157. The fraction of sp³-hybridized carbons (Fsp3) is 0.0588.